The molecule has 0 unspecified atom stereocenters. The first-order chi connectivity index (χ1) is 12.0. The van der Waals surface area contributed by atoms with E-state index in [1.165, 1.54) is 26.4 Å². The van der Waals surface area contributed by atoms with Crippen LogP contribution >= 0.6 is 15.9 Å². The Bertz CT molecular complexity index is 755. The predicted molar refractivity (Wildman–Crippen MR) is 91.5 cm³/mol. The average Bonchev–Trinajstić information content (AvgIpc) is 2.59. The summed E-state index contributed by atoms with van der Waals surface area (Å²) in [5.41, 5.74) is 0.679. The molecule has 0 aliphatic carbocycles. The van der Waals surface area contributed by atoms with Crippen molar-refractivity contribution in [3.8, 4) is 17.2 Å². The zero-order valence-electron chi connectivity index (χ0n) is 13.5. The molecule has 2 aromatic carbocycles. The van der Waals surface area contributed by atoms with Gasteiger partial charge in [0.05, 0.1) is 24.3 Å². The normalized spacial score (nSPS) is 10.5. The molecule has 8 heteroatoms. The number of halogens is 3. The van der Waals surface area contributed by atoms with Crippen molar-refractivity contribution in [2.24, 2.45) is 0 Å². The minimum atomic E-state index is -2.94. The van der Waals surface area contributed by atoms with E-state index in [9.17, 15) is 13.6 Å². The van der Waals surface area contributed by atoms with Gasteiger partial charge in [0.25, 0.3) is 5.91 Å². The van der Waals surface area contributed by atoms with Gasteiger partial charge < -0.3 is 19.5 Å². The van der Waals surface area contributed by atoms with Crippen molar-refractivity contribution in [1.29, 1.82) is 0 Å². The Labute approximate surface area is 152 Å². The van der Waals surface area contributed by atoms with Crippen LogP contribution in [-0.4, -0.2) is 26.7 Å². The van der Waals surface area contributed by atoms with Crippen LogP contribution in [0.2, 0.25) is 0 Å². The van der Waals surface area contributed by atoms with Crippen molar-refractivity contribution < 1.29 is 27.8 Å². The zero-order chi connectivity index (χ0) is 18.4. The van der Waals surface area contributed by atoms with E-state index in [2.05, 4.69) is 26.0 Å². The molecule has 0 atom stereocenters. The number of carbonyl (C=O) groups excluding carboxylic acids is 1. The maximum atomic E-state index is 12.5. The molecule has 0 saturated carbocycles. The summed E-state index contributed by atoms with van der Waals surface area (Å²) < 4.78 is 40.3. The first-order valence-electron chi connectivity index (χ1n) is 7.18. The number of rotatable bonds is 7. The van der Waals surface area contributed by atoms with E-state index >= 15 is 0 Å². The number of hydrogen-bond donors (Lipinski definition) is 1. The molecule has 1 amide bonds. The predicted octanol–water partition coefficient (Wildman–Crippen LogP) is 4.00. The molecule has 5 nitrogen and oxygen atoms in total. The summed E-state index contributed by atoms with van der Waals surface area (Å²) in [7, 11) is 2.92. The fourth-order valence-corrected chi connectivity index (χ4v) is 2.80. The van der Waals surface area contributed by atoms with Crippen molar-refractivity contribution in [2.45, 2.75) is 13.2 Å². The van der Waals surface area contributed by atoms with Gasteiger partial charge in [0.15, 0.2) is 0 Å². The van der Waals surface area contributed by atoms with Gasteiger partial charge in [-0.15, -0.1) is 0 Å². The Morgan fingerprint density at radius 1 is 1.20 bits per heavy atom. The van der Waals surface area contributed by atoms with E-state index in [1.54, 1.807) is 24.3 Å². The number of para-hydroxylation sites is 1. The Morgan fingerprint density at radius 2 is 1.92 bits per heavy atom. The first-order valence-corrected chi connectivity index (χ1v) is 7.98. The number of ether oxygens (including phenoxy) is 3. The van der Waals surface area contributed by atoms with Crippen LogP contribution in [0.1, 0.15) is 15.9 Å². The highest BCUT2D eigenvalue weighted by atomic mass is 79.9. The molecule has 0 aliphatic heterocycles. The Hall–Kier alpha value is -2.35. The molecule has 2 rings (SSSR count). The monoisotopic (exact) mass is 415 g/mol. The number of amides is 1. The number of alkyl halides is 2. The van der Waals surface area contributed by atoms with Crippen LogP contribution in [0.25, 0.3) is 0 Å². The lowest BCUT2D eigenvalue weighted by molar-refractivity contribution is -0.0504. The lowest BCUT2D eigenvalue weighted by Gasteiger charge is -2.14. The molecule has 0 heterocycles. The van der Waals surface area contributed by atoms with Crippen molar-refractivity contribution in [1.82, 2.24) is 5.32 Å². The molecule has 0 aromatic heterocycles. The van der Waals surface area contributed by atoms with Crippen LogP contribution in [0.3, 0.4) is 0 Å². The summed E-state index contributed by atoms with van der Waals surface area (Å²) in [6.07, 6.45) is 0. The molecule has 134 valence electrons. The van der Waals surface area contributed by atoms with Crippen LogP contribution in [-0.2, 0) is 6.54 Å². The second-order valence-corrected chi connectivity index (χ2v) is 5.71. The third-order valence-corrected chi connectivity index (χ3v) is 3.92. The fourth-order valence-electron chi connectivity index (χ4n) is 2.19. The van der Waals surface area contributed by atoms with Gasteiger partial charge in [-0.3, -0.25) is 4.79 Å². The minimum Gasteiger partial charge on any atom is -0.497 e. The molecule has 2 aromatic rings. The summed E-state index contributed by atoms with van der Waals surface area (Å²) in [5, 5.41) is 2.66. The van der Waals surface area contributed by atoms with E-state index in [-0.39, 0.29) is 17.9 Å². The van der Waals surface area contributed by atoms with Crippen molar-refractivity contribution in [3.05, 3.63) is 52.0 Å². The second-order valence-electron chi connectivity index (χ2n) is 4.86. The minimum absolute atomic E-state index is 0.0107. The van der Waals surface area contributed by atoms with E-state index in [1.807, 2.05) is 0 Å². The van der Waals surface area contributed by atoms with Gasteiger partial charge in [0, 0.05) is 12.1 Å². The molecular formula is C17H16BrF2NO4. The summed E-state index contributed by atoms with van der Waals surface area (Å²) in [6.45, 7) is -2.93. The first kappa shape index (κ1) is 19.0. The number of hydrogen-bond acceptors (Lipinski definition) is 4. The van der Waals surface area contributed by atoms with E-state index in [0.29, 0.717) is 21.5 Å². The molecule has 0 aliphatic rings. The molecular weight excluding hydrogens is 400 g/mol. The summed E-state index contributed by atoms with van der Waals surface area (Å²) in [5.74, 6) is 0.384. The topological polar surface area (TPSA) is 56.8 Å². The molecule has 0 spiro atoms. The standard InChI is InChI=1S/C17H16BrF2NO4/c1-23-11-7-12(15(24-2)13(18)8-11)16(22)21-9-10-5-3-4-6-14(10)25-17(19)20/h3-8,17H,9H2,1-2H3,(H,21,22). The van der Waals surface area contributed by atoms with Gasteiger partial charge >= 0.3 is 6.61 Å². The van der Waals surface area contributed by atoms with Gasteiger partial charge in [-0.1, -0.05) is 18.2 Å². The van der Waals surface area contributed by atoms with Crippen molar-refractivity contribution in [2.75, 3.05) is 14.2 Å². The van der Waals surface area contributed by atoms with E-state index in [0.717, 1.165) is 0 Å². The summed E-state index contributed by atoms with van der Waals surface area (Å²) in [6, 6.07) is 9.45. The average molecular weight is 416 g/mol. The molecule has 1 N–H and O–H groups in total. The van der Waals surface area contributed by atoms with Crippen molar-refractivity contribution in [3.63, 3.8) is 0 Å². The molecule has 0 fully saturated rings. The Balaban J connectivity index is 2.20. The Morgan fingerprint density at radius 3 is 2.56 bits per heavy atom. The third-order valence-electron chi connectivity index (χ3n) is 3.33. The van der Waals surface area contributed by atoms with Gasteiger partial charge in [0.1, 0.15) is 17.2 Å². The van der Waals surface area contributed by atoms with Crippen LogP contribution in [0, 0.1) is 0 Å². The summed E-state index contributed by atoms with van der Waals surface area (Å²) in [4.78, 5) is 12.5. The number of carbonyl (C=O) groups is 1. The van der Waals surface area contributed by atoms with Crippen LogP contribution < -0.4 is 19.5 Å². The largest absolute Gasteiger partial charge is 0.497 e. The number of nitrogens with one attached hydrogen (secondary N) is 1. The van der Waals surface area contributed by atoms with Crippen LogP contribution in [0.15, 0.2) is 40.9 Å². The van der Waals surface area contributed by atoms with Gasteiger partial charge in [-0.2, -0.15) is 8.78 Å². The molecule has 0 radical (unpaired) electrons. The van der Waals surface area contributed by atoms with Gasteiger partial charge in [-0.25, -0.2) is 0 Å². The molecule has 0 bridgehead atoms. The molecule has 25 heavy (non-hydrogen) atoms. The third kappa shape index (κ3) is 4.82. The zero-order valence-corrected chi connectivity index (χ0v) is 15.1. The fraction of sp³-hybridized carbons (Fsp3) is 0.235. The highest BCUT2D eigenvalue weighted by Crippen LogP contribution is 2.33. The highest BCUT2D eigenvalue weighted by molar-refractivity contribution is 9.10. The lowest BCUT2D eigenvalue weighted by atomic mass is 10.1. The van der Waals surface area contributed by atoms with E-state index in [4.69, 9.17) is 9.47 Å². The van der Waals surface area contributed by atoms with Crippen LogP contribution in [0.4, 0.5) is 8.78 Å². The van der Waals surface area contributed by atoms with Gasteiger partial charge in [-0.05, 0) is 34.1 Å². The number of methoxy groups -OCH3 is 2. The molecule has 0 saturated heterocycles. The maximum absolute atomic E-state index is 12.5. The lowest BCUT2D eigenvalue weighted by Crippen LogP contribution is -2.24. The number of benzene rings is 2. The van der Waals surface area contributed by atoms with Crippen molar-refractivity contribution >= 4 is 21.8 Å². The Kier molecular flexibility index (Phi) is 6.58. The summed E-state index contributed by atoms with van der Waals surface area (Å²) >= 11 is 3.31. The van der Waals surface area contributed by atoms with Crippen LogP contribution in [0.5, 0.6) is 17.2 Å². The van der Waals surface area contributed by atoms with E-state index < -0.39 is 12.5 Å². The smallest absolute Gasteiger partial charge is 0.387 e. The second kappa shape index (κ2) is 8.66. The quantitative estimate of drug-likeness (QED) is 0.742. The highest BCUT2D eigenvalue weighted by Gasteiger charge is 2.18. The maximum Gasteiger partial charge on any atom is 0.387 e. The van der Waals surface area contributed by atoms with Gasteiger partial charge in [0.2, 0.25) is 0 Å². The SMILES string of the molecule is COc1cc(Br)c(OC)c(C(=O)NCc2ccccc2OC(F)F)c1.